The van der Waals surface area contributed by atoms with Crippen LogP contribution in [0.4, 0.5) is 0 Å². The number of thiazole rings is 1. The number of hydrogen-bond acceptors (Lipinski definition) is 6. The highest BCUT2D eigenvalue weighted by Gasteiger charge is 2.20. The third kappa shape index (κ3) is 5.25. The molecule has 3 heterocycles. The predicted molar refractivity (Wildman–Crippen MR) is 107 cm³/mol. The van der Waals surface area contributed by atoms with Gasteiger partial charge in [0, 0.05) is 42.1 Å². The van der Waals surface area contributed by atoms with E-state index in [1.54, 1.807) is 30.3 Å². The lowest BCUT2D eigenvalue weighted by atomic mass is 10.1. The summed E-state index contributed by atoms with van der Waals surface area (Å²) in [5.74, 6) is -0.105. The Bertz CT molecular complexity index is 823. The number of nitrogens with one attached hydrogen (secondary N) is 2. The lowest BCUT2D eigenvalue weighted by Crippen LogP contribution is -2.35. The van der Waals surface area contributed by atoms with Crippen molar-refractivity contribution in [2.24, 2.45) is 7.05 Å². The third-order valence-electron chi connectivity index (χ3n) is 3.55. The molecule has 2 N–H and O–H groups in total. The minimum absolute atomic E-state index is 0. The second-order valence-corrected chi connectivity index (χ2v) is 6.19. The van der Waals surface area contributed by atoms with Crippen molar-refractivity contribution in [2.45, 2.75) is 12.6 Å². The summed E-state index contributed by atoms with van der Waals surface area (Å²) in [6.45, 7) is 0.396. The molecule has 7 nitrogen and oxygen atoms in total. The first-order valence-electron chi connectivity index (χ1n) is 7.45. The van der Waals surface area contributed by atoms with E-state index in [0.29, 0.717) is 6.54 Å². The van der Waals surface area contributed by atoms with E-state index in [1.165, 1.54) is 11.3 Å². The Labute approximate surface area is 168 Å². The van der Waals surface area contributed by atoms with E-state index >= 15 is 0 Å². The average molecular weight is 415 g/mol. The second kappa shape index (κ2) is 10.2. The molecule has 3 rings (SSSR count). The van der Waals surface area contributed by atoms with Gasteiger partial charge in [0.25, 0.3) is 0 Å². The van der Waals surface area contributed by atoms with Gasteiger partial charge in [-0.2, -0.15) is 5.10 Å². The molecule has 0 aliphatic rings. The number of aromatic nitrogens is 4. The molecule has 0 aliphatic heterocycles. The predicted octanol–water partition coefficient (Wildman–Crippen LogP) is 2.36. The van der Waals surface area contributed by atoms with Crippen molar-refractivity contribution < 1.29 is 4.79 Å². The fraction of sp³-hybridized carbons (Fsp3) is 0.250. The number of amides is 1. The van der Waals surface area contributed by atoms with E-state index in [0.717, 1.165) is 21.8 Å². The molecule has 1 atom stereocenters. The molecule has 0 saturated carbocycles. The molecule has 0 aliphatic carbocycles. The van der Waals surface area contributed by atoms with Crippen molar-refractivity contribution in [3.63, 3.8) is 0 Å². The Morgan fingerprint density at radius 1 is 1.31 bits per heavy atom. The quantitative estimate of drug-likeness (QED) is 0.646. The van der Waals surface area contributed by atoms with E-state index < -0.39 is 6.04 Å². The van der Waals surface area contributed by atoms with Gasteiger partial charge in [-0.15, -0.1) is 36.2 Å². The first-order chi connectivity index (χ1) is 11.7. The number of carbonyl (C=O) groups excluding carboxylic acids is 1. The molecule has 1 unspecified atom stereocenters. The van der Waals surface area contributed by atoms with Crippen molar-refractivity contribution in [3.8, 4) is 11.3 Å². The van der Waals surface area contributed by atoms with Gasteiger partial charge in [0.2, 0.25) is 5.91 Å². The number of likely N-dealkylation sites (N-methyl/N-ethyl adjacent to an activating group) is 1. The van der Waals surface area contributed by atoms with E-state index in [-0.39, 0.29) is 30.7 Å². The molecule has 0 fully saturated rings. The minimum Gasteiger partial charge on any atom is -0.348 e. The van der Waals surface area contributed by atoms with Gasteiger partial charge in [0.15, 0.2) is 0 Å². The zero-order valence-corrected chi connectivity index (χ0v) is 16.7. The molecule has 1 amide bonds. The molecule has 0 radical (unpaired) electrons. The molecular formula is C16H20Cl2N6OS. The summed E-state index contributed by atoms with van der Waals surface area (Å²) < 4.78 is 1.68. The SMILES string of the molecule is CNC(C(=O)NCc1nc(-c2ccncc2)cs1)c1cnn(C)c1.Cl.Cl. The molecule has 0 saturated heterocycles. The Kier molecular flexibility index (Phi) is 8.67. The lowest BCUT2D eigenvalue weighted by Gasteiger charge is -2.13. The Morgan fingerprint density at radius 2 is 2.04 bits per heavy atom. The standard InChI is InChI=1S/C16H18N6OS.2ClH/c1-17-15(12-7-20-22(2)9-12)16(23)19-8-14-21-13(10-24-14)11-3-5-18-6-4-11;;/h3-7,9-10,15,17H,8H2,1-2H3,(H,19,23);2*1H. The number of halogens is 2. The monoisotopic (exact) mass is 414 g/mol. The maximum absolute atomic E-state index is 12.4. The highest BCUT2D eigenvalue weighted by Crippen LogP contribution is 2.21. The van der Waals surface area contributed by atoms with Crippen LogP contribution < -0.4 is 10.6 Å². The van der Waals surface area contributed by atoms with Gasteiger partial charge in [-0.3, -0.25) is 14.5 Å². The van der Waals surface area contributed by atoms with Crippen LogP contribution in [0.3, 0.4) is 0 Å². The van der Waals surface area contributed by atoms with Gasteiger partial charge in [-0.05, 0) is 19.2 Å². The summed E-state index contributed by atoms with van der Waals surface area (Å²) in [4.78, 5) is 20.9. The van der Waals surface area contributed by atoms with Crippen LogP contribution in [-0.2, 0) is 18.4 Å². The van der Waals surface area contributed by atoms with Gasteiger partial charge in [0.05, 0.1) is 18.4 Å². The van der Waals surface area contributed by atoms with Crippen LogP contribution in [0.25, 0.3) is 11.3 Å². The van der Waals surface area contributed by atoms with Crippen molar-refractivity contribution >= 4 is 42.1 Å². The zero-order chi connectivity index (χ0) is 16.9. The molecule has 3 aromatic heterocycles. The molecule has 10 heteroatoms. The summed E-state index contributed by atoms with van der Waals surface area (Å²) in [5, 5.41) is 12.9. The topological polar surface area (TPSA) is 84.7 Å². The van der Waals surface area contributed by atoms with Crippen LogP contribution in [0.5, 0.6) is 0 Å². The minimum atomic E-state index is -0.432. The molecule has 0 bridgehead atoms. The lowest BCUT2D eigenvalue weighted by molar-refractivity contribution is -0.123. The molecule has 0 spiro atoms. The van der Waals surface area contributed by atoms with Crippen LogP contribution in [0.2, 0.25) is 0 Å². The van der Waals surface area contributed by atoms with E-state index in [2.05, 4.69) is 25.7 Å². The summed E-state index contributed by atoms with van der Waals surface area (Å²) >= 11 is 1.52. The molecule has 26 heavy (non-hydrogen) atoms. The molecular weight excluding hydrogens is 395 g/mol. The fourth-order valence-electron chi connectivity index (χ4n) is 2.35. The van der Waals surface area contributed by atoms with Crippen molar-refractivity contribution in [3.05, 3.63) is 52.9 Å². The Morgan fingerprint density at radius 3 is 2.65 bits per heavy atom. The molecule has 3 aromatic rings. The smallest absolute Gasteiger partial charge is 0.242 e. The van der Waals surface area contributed by atoms with Crippen LogP contribution >= 0.6 is 36.2 Å². The highest BCUT2D eigenvalue weighted by atomic mass is 35.5. The number of hydrogen-bond donors (Lipinski definition) is 2. The average Bonchev–Trinajstić information content (AvgIpc) is 3.24. The zero-order valence-electron chi connectivity index (χ0n) is 14.2. The Balaban J connectivity index is 0.00000169. The summed E-state index contributed by atoms with van der Waals surface area (Å²) in [5.41, 5.74) is 2.74. The fourth-order valence-corrected chi connectivity index (χ4v) is 3.09. The van der Waals surface area contributed by atoms with Crippen LogP contribution in [0.1, 0.15) is 16.6 Å². The van der Waals surface area contributed by atoms with E-state index in [9.17, 15) is 4.79 Å². The highest BCUT2D eigenvalue weighted by molar-refractivity contribution is 7.09. The summed E-state index contributed by atoms with van der Waals surface area (Å²) in [7, 11) is 3.58. The number of carbonyl (C=O) groups is 1. The van der Waals surface area contributed by atoms with Gasteiger partial charge >= 0.3 is 0 Å². The van der Waals surface area contributed by atoms with Gasteiger partial charge in [-0.25, -0.2) is 4.98 Å². The van der Waals surface area contributed by atoms with Crippen LogP contribution in [-0.4, -0.2) is 32.7 Å². The van der Waals surface area contributed by atoms with Crippen molar-refractivity contribution in [1.82, 2.24) is 30.4 Å². The first kappa shape index (κ1) is 22.0. The Hall–Kier alpha value is -2.00. The van der Waals surface area contributed by atoms with Crippen molar-refractivity contribution in [1.29, 1.82) is 0 Å². The normalized spacial score (nSPS) is 11.2. The molecule has 140 valence electrons. The largest absolute Gasteiger partial charge is 0.348 e. The second-order valence-electron chi connectivity index (χ2n) is 5.25. The maximum Gasteiger partial charge on any atom is 0.242 e. The van der Waals surface area contributed by atoms with Gasteiger partial charge in [-0.1, -0.05) is 0 Å². The first-order valence-corrected chi connectivity index (χ1v) is 8.33. The molecule has 0 aromatic carbocycles. The van der Waals surface area contributed by atoms with Crippen LogP contribution in [0, 0.1) is 0 Å². The third-order valence-corrected chi connectivity index (χ3v) is 4.40. The van der Waals surface area contributed by atoms with E-state index in [4.69, 9.17) is 0 Å². The van der Waals surface area contributed by atoms with Crippen LogP contribution in [0.15, 0.2) is 42.3 Å². The maximum atomic E-state index is 12.4. The van der Waals surface area contributed by atoms with Gasteiger partial charge in [0.1, 0.15) is 11.0 Å². The van der Waals surface area contributed by atoms with Crippen molar-refractivity contribution in [2.75, 3.05) is 7.05 Å². The number of aryl methyl sites for hydroxylation is 1. The van der Waals surface area contributed by atoms with Gasteiger partial charge < -0.3 is 10.6 Å². The summed E-state index contributed by atoms with van der Waals surface area (Å²) in [6.07, 6.45) is 6.99. The summed E-state index contributed by atoms with van der Waals surface area (Å²) in [6, 6.07) is 3.39. The van der Waals surface area contributed by atoms with E-state index in [1.807, 2.05) is 30.8 Å². The number of rotatable bonds is 6. The number of nitrogens with zero attached hydrogens (tertiary/aromatic N) is 4. The number of pyridine rings is 1.